The van der Waals surface area contributed by atoms with E-state index in [1.807, 2.05) is 6.92 Å². The maximum Gasteiger partial charge on any atom is 0.249 e. The Bertz CT molecular complexity index is 800. The van der Waals surface area contributed by atoms with Crippen LogP contribution in [0.25, 0.3) is 0 Å². The average molecular weight is 690 g/mol. The molecular weight excluding hydrogens is 618 g/mol. The van der Waals surface area contributed by atoms with Gasteiger partial charge >= 0.3 is 0 Å². The molecule has 0 spiro atoms. The smallest absolute Gasteiger partial charge is 0.249 e. The largest absolute Gasteiger partial charge is 0.394 e. The highest BCUT2D eigenvalue weighted by molar-refractivity contribution is 5.80. The molecule has 11 heteroatoms. The minimum atomic E-state index is -1.65. The first kappa shape index (κ1) is 44.9. The third kappa shape index (κ3) is 19.3. The predicted octanol–water partition coefficient (Wildman–Crippen LogP) is 4.16. The second kappa shape index (κ2) is 28.5. The highest BCUT2D eigenvalue weighted by Crippen LogP contribution is 2.23. The van der Waals surface area contributed by atoms with Gasteiger partial charge in [0.2, 0.25) is 5.91 Å². The third-order valence-electron chi connectivity index (χ3n) is 9.32. The van der Waals surface area contributed by atoms with Gasteiger partial charge in [-0.25, -0.2) is 0 Å². The number of nitrogens with one attached hydrogen (secondary N) is 1. The lowest BCUT2D eigenvalue weighted by Gasteiger charge is -2.40. The Kier molecular flexibility index (Phi) is 26.7. The van der Waals surface area contributed by atoms with Gasteiger partial charge in [0, 0.05) is 0 Å². The van der Waals surface area contributed by atoms with Crippen LogP contribution >= 0.6 is 0 Å². The zero-order chi connectivity index (χ0) is 35.6. The Hall–Kier alpha value is -1.15. The van der Waals surface area contributed by atoms with E-state index >= 15 is 0 Å². The van der Waals surface area contributed by atoms with Gasteiger partial charge < -0.3 is 50.5 Å². The molecule has 1 heterocycles. The minimum Gasteiger partial charge on any atom is -0.394 e. The van der Waals surface area contributed by atoms with Crippen molar-refractivity contribution in [3.05, 3.63) is 12.2 Å². The summed E-state index contributed by atoms with van der Waals surface area (Å²) in [4.78, 5) is 12.8. The van der Waals surface area contributed by atoms with Crippen molar-refractivity contribution in [2.75, 3.05) is 13.2 Å². The summed E-state index contributed by atoms with van der Waals surface area (Å²) in [6.07, 6.45) is 15.6. The van der Waals surface area contributed by atoms with Crippen LogP contribution in [-0.2, 0) is 14.3 Å². The van der Waals surface area contributed by atoms with Crippen molar-refractivity contribution < 1.29 is 50.0 Å². The van der Waals surface area contributed by atoms with Gasteiger partial charge in [-0.1, -0.05) is 122 Å². The van der Waals surface area contributed by atoms with Gasteiger partial charge in [-0.15, -0.1) is 0 Å². The van der Waals surface area contributed by atoms with E-state index in [0.717, 1.165) is 44.9 Å². The fraction of sp³-hybridized carbons (Fsp3) is 0.919. The molecule has 9 unspecified atom stereocenters. The van der Waals surface area contributed by atoms with E-state index in [1.165, 1.54) is 64.2 Å². The number of amides is 1. The molecular formula is C37H71NO10. The molecule has 48 heavy (non-hydrogen) atoms. The standard InChI is InChI=1S/C37H71NO10/c1-3-5-7-8-9-10-11-12-13-14-15-16-17-18-19-20-21-22-23-25-30(41)36(46)38-28(32(42)29(40)24-6-4-2)27-47-37-35(45)34(44)33(43)31(26-39)48-37/h15-16,28-35,37,39-45H,3-14,17-27H2,1-2H3,(H,38,46)/b16-15-. The highest BCUT2D eigenvalue weighted by Gasteiger charge is 2.44. The van der Waals surface area contributed by atoms with Crippen molar-refractivity contribution in [1.82, 2.24) is 5.32 Å². The zero-order valence-corrected chi connectivity index (χ0v) is 30.0. The van der Waals surface area contributed by atoms with Crippen LogP contribution < -0.4 is 5.32 Å². The fourth-order valence-corrected chi connectivity index (χ4v) is 6.01. The lowest BCUT2D eigenvalue weighted by Crippen LogP contribution is -2.60. The summed E-state index contributed by atoms with van der Waals surface area (Å²) in [7, 11) is 0. The Morgan fingerprint density at radius 2 is 1.23 bits per heavy atom. The van der Waals surface area contributed by atoms with Crippen molar-refractivity contribution >= 4 is 5.91 Å². The first-order valence-corrected chi connectivity index (χ1v) is 19.1. The molecule has 0 aromatic rings. The maximum atomic E-state index is 12.8. The second-order valence-electron chi connectivity index (χ2n) is 13.6. The van der Waals surface area contributed by atoms with Gasteiger partial charge in [-0.2, -0.15) is 0 Å². The summed E-state index contributed by atoms with van der Waals surface area (Å²) in [5.74, 6) is -0.714. The highest BCUT2D eigenvalue weighted by atomic mass is 16.7. The summed E-state index contributed by atoms with van der Waals surface area (Å²) in [6.45, 7) is 3.13. The molecule has 0 aromatic heterocycles. The molecule has 0 bridgehead atoms. The van der Waals surface area contributed by atoms with Crippen LogP contribution in [0.4, 0.5) is 0 Å². The van der Waals surface area contributed by atoms with E-state index in [9.17, 15) is 40.5 Å². The number of hydrogen-bond donors (Lipinski definition) is 8. The molecule has 284 valence electrons. The lowest BCUT2D eigenvalue weighted by molar-refractivity contribution is -0.303. The van der Waals surface area contributed by atoms with Gasteiger partial charge in [0.05, 0.1) is 25.4 Å². The van der Waals surface area contributed by atoms with Crippen molar-refractivity contribution in [2.24, 2.45) is 0 Å². The molecule has 0 radical (unpaired) electrons. The monoisotopic (exact) mass is 690 g/mol. The van der Waals surface area contributed by atoms with Crippen LogP contribution in [0.5, 0.6) is 0 Å². The third-order valence-corrected chi connectivity index (χ3v) is 9.32. The van der Waals surface area contributed by atoms with Crippen molar-refractivity contribution in [2.45, 2.75) is 204 Å². The molecule has 0 aromatic carbocycles. The normalized spacial score (nSPS) is 24.1. The number of aliphatic hydroxyl groups is 7. The number of carbonyl (C=O) groups excluding carboxylic acids is 1. The molecule has 1 saturated heterocycles. The fourth-order valence-electron chi connectivity index (χ4n) is 6.01. The zero-order valence-electron chi connectivity index (χ0n) is 30.0. The average Bonchev–Trinajstić information content (AvgIpc) is 3.09. The van der Waals surface area contributed by atoms with Crippen molar-refractivity contribution in [3.63, 3.8) is 0 Å². The molecule has 9 atom stereocenters. The van der Waals surface area contributed by atoms with Crippen LogP contribution in [0.15, 0.2) is 12.2 Å². The Labute approximate surface area is 290 Å². The maximum absolute atomic E-state index is 12.8. The topological polar surface area (TPSA) is 189 Å². The van der Waals surface area contributed by atoms with Crippen molar-refractivity contribution in [1.29, 1.82) is 0 Å². The van der Waals surface area contributed by atoms with Crippen LogP contribution in [0, 0.1) is 0 Å². The van der Waals surface area contributed by atoms with Crippen LogP contribution in [0.2, 0.25) is 0 Å². The van der Waals surface area contributed by atoms with Gasteiger partial charge in [-0.05, 0) is 38.5 Å². The van der Waals surface area contributed by atoms with Gasteiger partial charge in [0.25, 0.3) is 0 Å². The molecule has 0 saturated carbocycles. The first-order valence-electron chi connectivity index (χ1n) is 19.1. The minimum absolute atomic E-state index is 0.252. The van der Waals surface area contributed by atoms with E-state index in [-0.39, 0.29) is 12.8 Å². The van der Waals surface area contributed by atoms with Gasteiger partial charge in [-0.3, -0.25) is 4.79 Å². The Balaban J connectivity index is 2.31. The summed E-state index contributed by atoms with van der Waals surface area (Å²) in [6, 6.07) is -1.16. The summed E-state index contributed by atoms with van der Waals surface area (Å²) >= 11 is 0. The van der Waals surface area contributed by atoms with Crippen LogP contribution in [0.1, 0.15) is 149 Å². The summed E-state index contributed by atoms with van der Waals surface area (Å²) in [5, 5.41) is 74.1. The van der Waals surface area contributed by atoms with Crippen LogP contribution in [-0.4, -0.2) is 110 Å². The summed E-state index contributed by atoms with van der Waals surface area (Å²) in [5.41, 5.74) is 0. The van der Waals surface area contributed by atoms with Crippen molar-refractivity contribution in [3.8, 4) is 0 Å². The van der Waals surface area contributed by atoms with E-state index in [1.54, 1.807) is 0 Å². The second-order valence-corrected chi connectivity index (χ2v) is 13.6. The van der Waals surface area contributed by atoms with E-state index in [0.29, 0.717) is 12.8 Å². The number of allylic oxidation sites excluding steroid dienone is 2. The number of carbonyl (C=O) groups is 1. The molecule has 0 aliphatic carbocycles. The Morgan fingerprint density at radius 3 is 1.77 bits per heavy atom. The number of unbranched alkanes of at least 4 members (excludes halogenated alkanes) is 16. The van der Waals surface area contributed by atoms with E-state index in [4.69, 9.17) is 9.47 Å². The molecule has 8 N–H and O–H groups in total. The predicted molar refractivity (Wildman–Crippen MR) is 187 cm³/mol. The number of aliphatic hydroxyl groups excluding tert-OH is 7. The number of ether oxygens (including phenoxy) is 2. The SMILES string of the molecule is CCCCCCCCCCC/C=C\CCCCCCCCC(O)C(=O)NC(COC1OC(CO)C(O)C(O)C1O)C(O)C(O)CCCC. The van der Waals surface area contributed by atoms with E-state index in [2.05, 4.69) is 24.4 Å². The van der Waals surface area contributed by atoms with Crippen LogP contribution in [0.3, 0.4) is 0 Å². The van der Waals surface area contributed by atoms with Gasteiger partial charge in [0.15, 0.2) is 6.29 Å². The molecule has 1 fully saturated rings. The lowest BCUT2D eigenvalue weighted by atomic mass is 9.99. The van der Waals surface area contributed by atoms with E-state index < -0.39 is 74.2 Å². The molecule has 11 nitrogen and oxygen atoms in total. The molecule has 1 rings (SSSR count). The molecule has 1 aliphatic heterocycles. The molecule has 1 aliphatic rings. The molecule has 1 amide bonds. The summed E-state index contributed by atoms with van der Waals surface area (Å²) < 4.78 is 10.9. The van der Waals surface area contributed by atoms with Gasteiger partial charge in [0.1, 0.15) is 36.6 Å². The first-order chi connectivity index (χ1) is 23.2. The number of rotatable bonds is 30. The number of hydrogen-bond acceptors (Lipinski definition) is 10. The quantitative estimate of drug-likeness (QED) is 0.0402. The Morgan fingerprint density at radius 1 is 0.708 bits per heavy atom.